The second kappa shape index (κ2) is 7.28. The summed E-state index contributed by atoms with van der Waals surface area (Å²) in [7, 11) is 0. The largest absolute Gasteiger partial charge is 0.419 e. The number of cyclic esters (lactones) is 2. The van der Waals surface area contributed by atoms with Crippen LogP contribution in [0.5, 0.6) is 0 Å². The van der Waals surface area contributed by atoms with Crippen molar-refractivity contribution >= 4 is 29.2 Å². The highest BCUT2D eigenvalue weighted by atomic mass is 16.7. The number of benzene rings is 1. The van der Waals surface area contributed by atoms with Gasteiger partial charge in [-0.1, -0.05) is 6.07 Å². The van der Waals surface area contributed by atoms with E-state index in [9.17, 15) is 14.4 Å². The lowest BCUT2D eigenvalue weighted by molar-refractivity contribution is -0.222. The lowest BCUT2D eigenvalue weighted by Crippen LogP contribution is -2.42. The van der Waals surface area contributed by atoms with Crippen LogP contribution in [0.15, 0.2) is 60.6 Å². The number of aromatic nitrogens is 1. The zero-order valence-electron chi connectivity index (χ0n) is 14.7. The first-order chi connectivity index (χ1) is 12.8. The van der Waals surface area contributed by atoms with Crippen molar-refractivity contribution in [2.45, 2.75) is 19.6 Å². The van der Waals surface area contributed by atoms with Gasteiger partial charge in [-0.25, -0.2) is 9.59 Å². The predicted octanol–water partition coefficient (Wildman–Crippen LogP) is 2.47. The third-order valence-electron chi connectivity index (χ3n) is 3.54. The fourth-order valence-corrected chi connectivity index (χ4v) is 2.32. The first-order valence-corrected chi connectivity index (χ1v) is 8.09. The molecule has 1 aromatic carbocycles. The van der Waals surface area contributed by atoms with E-state index in [1.165, 1.54) is 26.2 Å². The van der Waals surface area contributed by atoms with Gasteiger partial charge in [0.05, 0.1) is 5.56 Å². The summed E-state index contributed by atoms with van der Waals surface area (Å²) in [6, 6.07) is 10.1. The Hall–Kier alpha value is -3.68. The lowest BCUT2D eigenvalue weighted by atomic mass is 10.2. The Balaban J connectivity index is 1.70. The molecule has 27 heavy (non-hydrogen) atoms. The number of nitrogens with one attached hydrogen (secondary N) is 2. The molecule has 3 rings (SSSR count). The number of esters is 2. The molecule has 0 bridgehead atoms. The molecule has 0 spiro atoms. The van der Waals surface area contributed by atoms with Gasteiger partial charge in [-0.05, 0) is 30.3 Å². The van der Waals surface area contributed by atoms with Crippen LogP contribution in [0, 0.1) is 0 Å². The van der Waals surface area contributed by atoms with Gasteiger partial charge in [0.25, 0.3) is 11.7 Å². The number of carbonyl (C=O) groups excluding carboxylic acids is 3. The van der Waals surface area contributed by atoms with Crippen molar-refractivity contribution in [1.82, 2.24) is 4.98 Å². The van der Waals surface area contributed by atoms with Gasteiger partial charge >= 0.3 is 11.9 Å². The molecular formula is C19H17N3O5. The minimum absolute atomic E-state index is 0.251. The molecule has 0 saturated carbocycles. The summed E-state index contributed by atoms with van der Waals surface area (Å²) in [6.45, 7) is 2.95. The summed E-state index contributed by atoms with van der Waals surface area (Å²) in [6.07, 6.45) is 4.25. The highest BCUT2D eigenvalue weighted by molar-refractivity contribution is 6.15. The van der Waals surface area contributed by atoms with Gasteiger partial charge in [0.2, 0.25) is 0 Å². The van der Waals surface area contributed by atoms with Crippen LogP contribution in [0.3, 0.4) is 0 Å². The second-order valence-electron chi connectivity index (χ2n) is 6.16. The molecule has 1 aromatic heterocycles. The van der Waals surface area contributed by atoms with E-state index in [0.717, 1.165) is 0 Å². The molecule has 1 fully saturated rings. The summed E-state index contributed by atoms with van der Waals surface area (Å²) >= 11 is 0. The highest BCUT2D eigenvalue weighted by Crippen LogP contribution is 2.23. The molecule has 2 N–H and O–H groups in total. The molecule has 8 heteroatoms. The Morgan fingerprint density at radius 3 is 2.44 bits per heavy atom. The molecule has 0 aliphatic carbocycles. The van der Waals surface area contributed by atoms with E-state index in [4.69, 9.17) is 9.47 Å². The van der Waals surface area contributed by atoms with Crippen molar-refractivity contribution in [1.29, 1.82) is 0 Å². The number of carbonyl (C=O) groups is 3. The van der Waals surface area contributed by atoms with Crippen LogP contribution in [-0.4, -0.2) is 28.6 Å². The Bertz CT molecular complexity index is 900. The average molecular weight is 367 g/mol. The Labute approximate surface area is 155 Å². The maximum absolute atomic E-state index is 12.2. The molecule has 1 amide bonds. The summed E-state index contributed by atoms with van der Waals surface area (Å²) in [5.41, 5.74) is 1.26. The third-order valence-corrected chi connectivity index (χ3v) is 3.54. The topological polar surface area (TPSA) is 107 Å². The predicted molar refractivity (Wildman–Crippen MR) is 96.6 cm³/mol. The monoisotopic (exact) mass is 367 g/mol. The highest BCUT2D eigenvalue weighted by Gasteiger charge is 2.38. The quantitative estimate of drug-likeness (QED) is 0.486. The number of ether oxygens (including phenoxy) is 2. The summed E-state index contributed by atoms with van der Waals surface area (Å²) in [5.74, 6) is -3.14. The van der Waals surface area contributed by atoms with E-state index in [0.29, 0.717) is 16.9 Å². The number of rotatable bonds is 4. The SMILES string of the molecule is CC1(C)OC(=O)C(=CNc2cccc(NC(=O)c3cccnc3)c2)C(=O)O1. The van der Waals surface area contributed by atoms with Gasteiger partial charge < -0.3 is 20.1 Å². The van der Waals surface area contributed by atoms with Crippen LogP contribution < -0.4 is 10.6 Å². The lowest BCUT2D eigenvalue weighted by Gasteiger charge is -2.29. The van der Waals surface area contributed by atoms with Crippen LogP contribution in [0.1, 0.15) is 24.2 Å². The average Bonchev–Trinajstić information content (AvgIpc) is 2.61. The minimum Gasteiger partial charge on any atom is -0.419 e. The zero-order chi connectivity index (χ0) is 19.4. The number of amides is 1. The molecular weight excluding hydrogens is 350 g/mol. The molecule has 2 aromatic rings. The smallest absolute Gasteiger partial charge is 0.350 e. The molecule has 8 nitrogen and oxygen atoms in total. The first kappa shape index (κ1) is 18.1. The summed E-state index contributed by atoms with van der Waals surface area (Å²) < 4.78 is 10.0. The van der Waals surface area contributed by atoms with E-state index in [-0.39, 0.29) is 11.5 Å². The molecule has 2 heterocycles. The van der Waals surface area contributed by atoms with Crippen molar-refractivity contribution in [3.05, 3.63) is 66.1 Å². The van der Waals surface area contributed by atoms with Crippen molar-refractivity contribution in [3.63, 3.8) is 0 Å². The maximum Gasteiger partial charge on any atom is 0.350 e. The van der Waals surface area contributed by atoms with Gasteiger partial charge in [0.15, 0.2) is 5.57 Å². The van der Waals surface area contributed by atoms with E-state index in [1.807, 2.05) is 0 Å². The standard InChI is InChI=1S/C19H17N3O5/c1-19(2)26-17(24)15(18(25)27-19)11-21-13-6-3-7-14(9-13)22-16(23)12-5-4-8-20-10-12/h3-11,21H,1-2H3,(H,22,23). The number of nitrogens with zero attached hydrogens (tertiary/aromatic N) is 1. The normalized spacial score (nSPS) is 15.4. The summed E-state index contributed by atoms with van der Waals surface area (Å²) in [4.78, 5) is 39.9. The second-order valence-corrected chi connectivity index (χ2v) is 6.16. The van der Waals surface area contributed by atoms with Crippen molar-refractivity contribution in [2.24, 2.45) is 0 Å². The van der Waals surface area contributed by atoms with Crippen molar-refractivity contribution in [2.75, 3.05) is 10.6 Å². The van der Waals surface area contributed by atoms with Gasteiger partial charge in [-0.2, -0.15) is 0 Å². The van der Waals surface area contributed by atoms with Crippen molar-refractivity contribution < 1.29 is 23.9 Å². The number of anilines is 2. The van der Waals surface area contributed by atoms with Gasteiger partial charge in [-0.3, -0.25) is 9.78 Å². The van der Waals surface area contributed by atoms with Crippen LogP contribution in [0.4, 0.5) is 11.4 Å². The van der Waals surface area contributed by atoms with Gasteiger partial charge in [-0.15, -0.1) is 0 Å². The maximum atomic E-state index is 12.2. The van der Waals surface area contributed by atoms with Crippen molar-refractivity contribution in [3.8, 4) is 0 Å². The summed E-state index contributed by atoms with van der Waals surface area (Å²) in [5, 5.41) is 5.57. The van der Waals surface area contributed by atoms with Gasteiger partial charge in [0.1, 0.15) is 0 Å². The molecule has 138 valence electrons. The van der Waals surface area contributed by atoms with Crippen LogP contribution in [0.25, 0.3) is 0 Å². The Kier molecular flexibility index (Phi) is 4.89. The van der Waals surface area contributed by atoms with Crippen LogP contribution >= 0.6 is 0 Å². The molecule has 1 saturated heterocycles. The molecule has 0 radical (unpaired) electrons. The molecule has 1 aliphatic heterocycles. The van der Waals surface area contributed by atoms with E-state index < -0.39 is 17.7 Å². The first-order valence-electron chi connectivity index (χ1n) is 8.09. The third kappa shape index (κ3) is 4.49. The molecule has 0 atom stereocenters. The number of pyridine rings is 1. The number of hydrogen-bond donors (Lipinski definition) is 2. The Morgan fingerprint density at radius 2 is 1.78 bits per heavy atom. The zero-order valence-corrected chi connectivity index (χ0v) is 14.7. The fourth-order valence-electron chi connectivity index (χ4n) is 2.32. The van der Waals surface area contributed by atoms with Crippen LogP contribution in [-0.2, 0) is 19.1 Å². The Morgan fingerprint density at radius 1 is 1.07 bits per heavy atom. The van der Waals surface area contributed by atoms with E-state index in [2.05, 4.69) is 15.6 Å². The van der Waals surface area contributed by atoms with Crippen LogP contribution in [0.2, 0.25) is 0 Å². The molecule has 0 unspecified atom stereocenters. The van der Waals surface area contributed by atoms with Gasteiger partial charge in [0, 0.05) is 43.8 Å². The molecule has 1 aliphatic rings. The fraction of sp³-hybridized carbons (Fsp3) is 0.158. The minimum atomic E-state index is -1.29. The van der Waals surface area contributed by atoms with E-state index in [1.54, 1.807) is 42.6 Å². The van der Waals surface area contributed by atoms with E-state index >= 15 is 0 Å². The number of hydrogen-bond acceptors (Lipinski definition) is 7.